The van der Waals surface area contributed by atoms with Crippen LogP contribution in [0.2, 0.25) is 5.02 Å². The Kier molecular flexibility index (Phi) is 3.26. The number of benzene rings is 1. The summed E-state index contributed by atoms with van der Waals surface area (Å²) >= 11 is 5.65. The zero-order valence-corrected chi connectivity index (χ0v) is 8.87. The second-order valence-corrected chi connectivity index (χ2v) is 3.24. The average molecular weight is 230 g/mol. The van der Waals surface area contributed by atoms with Gasteiger partial charge in [0.2, 0.25) is 0 Å². The number of ether oxygens (including phenoxy) is 1. The van der Waals surface area contributed by atoms with E-state index >= 15 is 0 Å². The molecule has 0 unspecified atom stereocenters. The smallest absolute Gasteiger partial charge is 0.345 e. The molecule has 0 saturated carbocycles. The number of nitrogens with zero attached hydrogens (tertiary/aromatic N) is 1. The van der Waals surface area contributed by atoms with Crippen LogP contribution in [0, 0.1) is 17.0 Å². The lowest BCUT2D eigenvalue weighted by Crippen LogP contribution is -2.08. The summed E-state index contributed by atoms with van der Waals surface area (Å²) in [5.41, 5.74) is -0.0588. The molecule has 0 spiro atoms. The largest absolute Gasteiger partial charge is 0.465 e. The van der Waals surface area contributed by atoms with Gasteiger partial charge in [0, 0.05) is 0 Å². The molecule has 15 heavy (non-hydrogen) atoms. The molecule has 0 aliphatic heterocycles. The van der Waals surface area contributed by atoms with E-state index in [1.807, 2.05) is 0 Å². The minimum atomic E-state index is -0.762. The van der Waals surface area contributed by atoms with Crippen molar-refractivity contribution in [3.63, 3.8) is 0 Å². The number of esters is 1. The zero-order valence-electron chi connectivity index (χ0n) is 8.11. The summed E-state index contributed by atoms with van der Waals surface area (Å²) in [6.45, 7) is 1.58. The highest BCUT2D eigenvalue weighted by Gasteiger charge is 2.26. The first-order valence-electron chi connectivity index (χ1n) is 4.00. The van der Waals surface area contributed by atoms with Gasteiger partial charge in [-0.25, -0.2) is 4.79 Å². The van der Waals surface area contributed by atoms with E-state index in [9.17, 15) is 14.9 Å². The van der Waals surface area contributed by atoms with Gasteiger partial charge >= 0.3 is 11.7 Å². The Labute approximate surface area is 90.8 Å². The summed E-state index contributed by atoms with van der Waals surface area (Å²) < 4.78 is 4.46. The molecular formula is C9H8ClNO4. The van der Waals surface area contributed by atoms with Crippen LogP contribution in [0.25, 0.3) is 0 Å². The number of nitro benzene ring substituents is 1. The summed E-state index contributed by atoms with van der Waals surface area (Å²) in [6.07, 6.45) is 0. The number of rotatable bonds is 2. The highest BCUT2D eigenvalue weighted by Crippen LogP contribution is 2.31. The van der Waals surface area contributed by atoms with Gasteiger partial charge in [0.25, 0.3) is 0 Å². The first kappa shape index (κ1) is 11.5. The van der Waals surface area contributed by atoms with Crippen LogP contribution >= 0.6 is 11.6 Å². The monoisotopic (exact) mass is 229 g/mol. The summed E-state index contributed by atoms with van der Waals surface area (Å²) in [5.74, 6) is -0.762. The van der Waals surface area contributed by atoms with Crippen LogP contribution in [-0.2, 0) is 4.74 Å². The minimum Gasteiger partial charge on any atom is -0.465 e. The Hall–Kier alpha value is -1.62. The maximum absolute atomic E-state index is 11.3. The van der Waals surface area contributed by atoms with Crippen LogP contribution in [0.4, 0.5) is 5.69 Å². The number of aryl methyl sites for hydroxylation is 1. The van der Waals surface area contributed by atoms with Gasteiger partial charge in [0.05, 0.1) is 12.0 Å². The van der Waals surface area contributed by atoms with Crippen LogP contribution in [0.1, 0.15) is 15.9 Å². The van der Waals surface area contributed by atoms with Gasteiger partial charge in [-0.3, -0.25) is 10.1 Å². The molecule has 0 aliphatic rings. The lowest BCUT2D eigenvalue weighted by molar-refractivity contribution is -0.385. The van der Waals surface area contributed by atoms with E-state index in [4.69, 9.17) is 11.6 Å². The molecule has 0 saturated heterocycles. The van der Waals surface area contributed by atoms with Crippen molar-refractivity contribution in [3.05, 3.63) is 38.4 Å². The maximum Gasteiger partial charge on any atom is 0.345 e. The third-order valence-electron chi connectivity index (χ3n) is 1.91. The average Bonchev–Trinajstić information content (AvgIpc) is 2.19. The molecule has 0 heterocycles. The van der Waals surface area contributed by atoms with Crippen molar-refractivity contribution in [2.24, 2.45) is 0 Å². The van der Waals surface area contributed by atoms with Gasteiger partial charge in [-0.15, -0.1) is 0 Å². The van der Waals surface area contributed by atoms with E-state index in [2.05, 4.69) is 4.74 Å². The summed E-state index contributed by atoms with van der Waals surface area (Å²) in [4.78, 5) is 21.4. The van der Waals surface area contributed by atoms with Crippen LogP contribution < -0.4 is 0 Å². The molecule has 0 amide bonds. The van der Waals surface area contributed by atoms with Crippen molar-refractivity contribution < 1.29 is 14.5 Å². The molecule has 1 aromatic carbocycles. The Morgan fingerprint density at radius 3 is 2.60 bits per heavy atom. The Bertz CT molecular complexity index is 430. The summed E-state index contributed by atoms with van der Waals surface area (Å²) in [5, 5.41) is 10.7. The highest BCUT2D eigenvalue weighted by atomic mass is 35.5. The van der Waals surface area contributed by atoms with Gasteiger partial charge in [-0.1, -0.05) is 17.7 Å². The fourth-order valence-electron chi connectivity index (χ4n) is 1.20. The summed E-state index contributed by atoms with van der Waals surface area (Å²) in [7, 11) is 1.16. The molecule has 0 radical (unpaired) electrons. The molecule has 1 rings (SSSR count). The Morgan fingerprint density at radius 1 is 1.53 bits per heavy atom. The normalized spacial score (nSPS) is 9.80. The van der Waals surface area contributed by atoms with E-state index in [0.717, 1.165) is 7.11 Å². The number of hydrogen-bond acceptors (Lipinski definition) is 4. The van der Waals surface area contributed by atoms with Crippen molar-refractivity contribution in [3.8, 4) is 0 Å². The molecule has 0 atom stereocenters. The van der Waals surface area contributed by atoms with Crippen molar-refractivity contribution in [2.75, 3.05) is 7.11 Å². The van der Waals surface area contributed by atoms with Crippen molar-refractivity contribution in [1.82, 2.24) is 0 Å². The lowest BCUT2D eigenvalue weighted by atomic mass is 10.1. The van der Waals surface area contributed by atoms with E-state index in [0.29, 0.717) is 5.56 Å². The number of nitro groups is 1. The highest BCUT2D eigenvalue weighted by molar-refractivity contribution is 6.33. The summed E-state index contributed by atoms with van der Waals surface area (Å²) in [6, 6.07) is 2.91. The fourth-order valence-corrected chi connectivity index (χ4v) is 1.43. The van der Waals surface area contributed by atoms with Crippen molar-refractivity contribution in [2.45, 2.75) is 6.92 Å². The number of carbonyl (C=O) groups is 1. The van der Waals surface area contributed by atoms with E-state index in [1.54, 1.807) is 6.92 Å². The molecule has 0 aliphatic carbocycles. The van der Waals surface area contributed by atoms with Crippen LogP contribution in [0.5, 0.6) is 0 Å². The number of hydrogen-bond donors (Lipinski definition) is 0. The number of halogens is 1. The molecule has 80 valence electrons. The van der Waals surface area contributed by atoms with Gasteiger partial charge in [-0.2, -0.15) is 0 Å². The lowest BCUT2D eigenvalue weighted by Gasteiger charge is -2.05. The molecule has 6 heteroatoms. The second-order valence-electron chi connectivity index (χ2n) is 2.84. The standard InChI is InChI=1S/C9H8ClNO4/c1-5-3-4-6(10)8(11(13)14)7(5)9(12)15-2/h3-4H,1-2H3. The van der Waals surface area contributed by atoms with E-state index in [1.165, 1.54) is 12.1 Å². The van der Waals surface area contributed by atoms with E-state index in [-0.39, 0.29) is 10.6 Å². The van der Waals surface area contributed by atoms with Gasteiger partial charge in [0.1, 0.15) is 10.6 Å². The number of carbonyl (C=O) groups excluding carboxylic acids is 1. The van der Waals surface area contributed by atoms with Gasteiger partial charge in [-0.05, 0) is 18.6 Å². The fraction of sp³-hybridized carbons (Fsp3) is 0.222. The molecule has 0 bridgehead atoms. The molecule has 5 nitrogen and oxygen atoms in total. The predicted octanol–water partition coefficient (Wildman–Crippen LogP) is 2.34. The Balaban J connectivity index is 3.52. The first-order valence-corrected chi connectivity index (χ1v) is 4.38. The SMILES string of the molecule is COC(=O)c1c(C)ccc(Cl)c1[N+](=O)[O-]. The molecule has 0 aromatic heterocycles. The van der Waals surface area contributed by atoms with Crippen LogP contribution in [0.15, 0.2) is 12.1 Å². The molecular weight excluding hydrogens is 222 g/mol. The van der Waals surface area contributed by atoms with Gasteiger partial charge in [0.15, 0.2) is 0 Å². The molecule has 0 N–H and O–H groups in total. The zero-order chi connectivity index (χ0) is 11.6. The number of methoxy groups -OCH3 is 1. The maximum atomic E-state index is 11.3. The van der Waals surface area contributed by atoms with Crippen LogP contribution in [-0.4, -0.2) is 18.0 Å². The van der Waals surface area contributed by atoms with Crippen molar-refractivity contribution >= 4 is 23.3 Å². The first-order chi connectivity index (χ1) is 6.99. The predicted molar refractivity (Wildman–Crippen MR) is 54.2 cm³/mol. The quantitative estimate of drug-likeness (QED) is 0.443. The van der Waals surface area contributed by atoms with Crippen molar-refractivity contribution in [1.29, 1.82) is 0 Å². The third-order valence-corrected chi connectivity index (χ3v) is 2.21. The minimum absolute atomic E-state index is 0.0778. The molecule has 0 fully saturated rings. The van der Waals surface area contributed by atoms with Crippen LogP contribution in [0.3, 0.4) is 0 Å². The topological polar surface area (TPSA) is 69.4 Å². The molecule has 1 aromatic rings. The third kappa shape index (κ3) is 2.07. The van der Waals surface area contributed by atoms with Gasteiger partial charge < -0.3 is 4.74 Å². The Morgan fingerprint density at radius 2 is 2.13 bits per heavy atom. The van der Waals surface area contributed by atoms with E-state index < -0.39 is 16.6 Å². The second kappa shape index (κ2) is 4.27.